The van der Waals surface area contributed by atoms with Gasteiger partial charge in [-0.15, -0.1) is 12.4 Å². The summed E-state index contributed by atoms with van der Waals surface area (Å²) < 4.78 is 5.32. The van der Waals surface area contributed by atoms with Crippen molar-refractivity contribution >= 4 is 12.4 Å². The zero-order valence-electron chi connectivity index (χ0n) is 10.3. The first-order chi connectivity index (χ1) is 7.84. The molecule has 1 spiro atoms. The first kappa shape index (κ1) is 12.7. The van der Waals surface area contributed by atoms with Gasteiger partial charge in [0, 0.05) is 12.0 Å². The Hall–Kier alpha value is -0.730. The van der Waals surface area contributed by atoms with Gasteiger partial charge < -0.3 is 10.1 Å². The van der Waals surface area contributed by atoms with Crippen molar-refractivity contribution in [1.29, 1.82) is 0 Å². The Morgan fingerprint density at radius 2 is 2.18 bits per heavy atom. The Kier molecular flexibility index (Phi) is 3.64. The van der Waals surface area contributed by atoms with Crippen LogP contribution >= 0.6 is 12.4 Å². The quantitative estimate of drug-likeness (QED) is 0.831. The van der Waals surface area contributed by atoms with Gasteiger partial charge in [-0.3, -0.25) is 0 Å². The van der Waals surface area contributed by atoms with Gasteiger partial charge >= 0.3 is 0 Å². The normalized spacial score (nSPS) is 26.4. The summed E-state index contributed by atoms with van der Waals surface area (Å²) in [7, 11) is 1.75. The lowest BCUT2D eigenvalue weighted by molar-refractivity contribution is 0.386. The Labute approximate surface area is 109 Å². The van der Waals surface area contributed by atoms with Gasteiger partial charge in [0.25, 0.3) is 0 Å². The molecule has 0 radical (unpaired) electrons. The largest absolute Gasteiger partial charge is 0.497 e. The highest BCUT2D eigenvalue weighted by atomic mass is 35.5. The van der Waals surface area contributed by atoms with E-state index in [2.05, 4.69) is 23.5 Å². The fraction of sp³-hybridized carbons (Fsp3) is 0.571. The van der Waals surface area contributed by atoms with Crippen LogP contribution in [0.5, 0.6) is 5.75 Å². The summed E-state index contributed by atoms with van der Waals surface area (Å²) in [6.07, 6.45) is 5.18. The van der Waals surface area contributed by atoms with Gasteiger partial charge in [0.05, 0.1) is 7.11 Å². The molecular weight excluding hydrogens is 234 g/mol. The van der Waals surface area contributed by atoms with Gasteiger partial charge in [-0.05, 0) is 55.5 Å². The van der Waals surface area contributed by atoms with Crippen molar-refractivity contribution in [3.8, 4) is 5.75 Å². The Morgan fingerprint density at radius 3 is 2.88 bits per heavy atom. The molecular formula is C14H20ClNO. The van der Waals surface area contributed by atoms with Crippen LogP contribution in [-0.2, 0) is 11.8 Å². The molecule has 0 bridgehead atoms. The van der Waals surface area contributed by atoms with Crippen molar-refractivity contribution in [1.82, 2.24) is 5.32 Å². The van der Waals surface area contributed by atoms with Gasteiger partial charge in [0.1, 0.15) is 5.75 Å². The maximum atomic E-state index is 5.32. The molecule has 1 aliphatic heterocycles. The van der Waals surface area contributed by atoms with Crippen molar-refractivity contribution in [2.45, 2.75) is 31.1 Å². The van der Waals surface area contributed by atoms with E-state index in [0.717, 1.165) is 12.3 Å². The van der Waals surface area contributed by atoms with Crippen LogP contribution in [0.25, 0.3) is 0 Å². The van der Waals surface area contributed by atoms with Gasteiger partial charge in [0.2, 0.25) is 0 Å². The molecule has 0 aromatic heterocycles. The number of ether oxygens (including phenoxy) is 1. The van der Waals surface area contributed by atoms with Gasteiger partial charge in [-0.25, -0.2) is 0 Å². The van der Waals surface area contributed by atoms with Gasteiger partial charge in [-0.1, -0.05) is 6.07 Å². The molecule has 1 aliphatic carbocycles. The standard InChI is InChI=1S/C14H19NO.ClH/c1-16-12-4-5-13-11(9-12)3-2-6-14(13)7-8-15-10-14;/h4-5,9,15H,2-3,6-8,10H2,1H3;1H. The Morgan fingerprint density at radius 1 is 1.29 bits per heavy atom. The maximum Gasteiger partial charge on any atom is 0.119 e. The molecule has 3 rings (SSSR count). The van der Waals surface area contributed by atoms with Crippen molar-refractivity contribution in [3.05, 3.63) is 29.3 Å². The first-order valence-corrected chi connectivity index (χ1v) is 6.22. The number of fused-ring (bicyclic) bond motifs is 2. The van der Waals surface area contributed by atoms with Gasteiger partial charge in [0.15, 0.2) is 0 Å². The molecule has 1 atom stereocenters. The number of hydrogen-bond donors (Lipinski definition) is 1. The number of methoxy groups -OCH3 is 1. The summed E-state index contributed by atoms with van der Waals surface area (Å²) >= 11 is 0. The smallest absolute Gasteiger partial charge is 0.119 e. The van der Waals surface area contributed by atoms with Crippen molar-refractivity contribution < 1.29 is 4.74 Å². The summed E-state index contributed by atoms with van der Waals surface area (Å²) in [4.78, 5) is 0. The first-order valence-electron chi connectivity index (χ1n) is 6.22. The SMILES string of the molecule is COc1ccc2c(c1)CCCC21CCNC1.Cl. The maximum absolute atomic E-state index is 5.32. The fourth-order valence-corrected chi connectivity index (χ4v) is 3.36. The number of aryl methyl sites for hydroxylation is 1. The highest BCUT2D eigenvalue weighted by Crippen LogP contribution is 2.42. The third kappa shape index (κ3) is 2.04. The molecule has 17 heavy (non-hydrogen) atoms. The second-order valence-corrected chi connectivity index (χ2v) is 5.08. The second kappa shape index (κ2) is 4.87. The molecule has 1 fully saturated rings. The average molecular weight is 254 g/mol. The monoisotopic (exact) mass is 253 g/mol. The summed E-state index contributed by atoms with van der Waals surface area (Å²) in [5.41, 5.74) is 3.51. The second-order valence-electron chi connectivity index (χ2n) is 5.08. The van der Waals surface area contributed by atoms with Crippen LogP contribution < -0.4 is 10.1 Å². The zero-order valence-corrected chi connectivity index (χ0v) is 11.1. The summed E-state index contributed by atoms with van der Waals surface area (Å²) in [6.45, 7) is 2.33. The third-order valence-corrected chi connectivity index (χ3v) is 4.23. The van der Waals surface area contributed by atoms with Crippen LogP contribution in [0.2, 0.25) is 0 Å². The highest BCUT2D eigenvalue weighted by molar-refractivity contribution is 5.85. The molecule has 1 aromatic rings. The molecule has 1 aromatic carbocycles. The number of nitrogens with one attached hydrogen (secondary N) is 1. The average Bonchev–Trinajstić information content (AvgIpc) is 2.78. The Balaban J connectivity index is 0.00000108. The zero-order chi connectivity index (χ0) is 11.0. The van der Waals surface area contributed by atoms with Crippen molar-refractivity contribution in [3.63, 3.8) is 0 Å². The summed E-state index contributed by atoms with van der Waals surface area (Å²) in [5, 5.41) is 3.52. The predicted molar refractivity (Wildman–Crippen MR) is 72.3 cm³/mol. The van der Waals surface area contributed by atoms with E-state index in [0.29, 0.717) is 5.41 Å². The number of benzene rings is 1. The molecule has 1 N–H and O–H groups in total. The topological polar surface area (TPSA) is 21.3 Å². The Bertz CT molecular complexity index is 399. The minimum Gasteiger partial charge on any atom is -0.497 e. The van der Waals surface area contributed by atoms with Crippen LogP contribution in [0.4, 0.5) is 0 Å². The van der Waals surface area contributed by atoms with Crippen LogP contribution in [0.3, 0.4) is 0 Å². The summed E-state index contributed by atoms with van der Waals surface area (Å²) in [5.74, 6) is 1.00. The van der Waals surface area contributed by atoms with E-state index in [-0.39, 0.29) is 12.4 Å². The molecule has 0 saturated carbocycles. The molecule has 0 amide bonds. The lowest BCUT2D eigenvalue weighted by Crippen LogP contribution is -2.33. The number of rotatable bonds is 1. The van der Waals surface area contributed by atoms with Crippen LogP contribution in [0.15, 0.2) is 18.2 Å². The van der Waals surface area contributed by atoms with E-state index in [1.807, 2.05) is 0 Å². The van der Waals surface area contributed by atoms with E-state index >= 15 is 0 Å². The lowest BCUT2D eigenvalue weighted by atomic mass is 9.69. The predicted octanol–water partition coefficient (Wildman–Crippen LogP) is 2.68. The minimum absolute atomic E-state index is 0. The van der Waals surface area contributed by atoms with E-state index in [9.17, 15) is 0 Å². The van der Waals surface area contributed by atoms with E-state index in [1.165, 1.54) is 37.8 Å². The third-order valence-electron chi connectivity index (χ3n) is 4.23. The van der Waals surface area contributed by atoms with E-state index < -0.39 is 0 Å². The van der Waals surface area contributed by atoms with E-state index in [1.54, 1.807) is 12.7 Å². The molecule has 1 unspecified atom stereocenters. The molecule has 2 nitrogen and oxygen atoms in total. The van der Waals surface area contributed by atoms with Gasteiger partial charge in [-0.2, -0.15) is 0 Å². The van der Waals surface area contributed by atoms with Crippen LogP contribution in [-0.4, -0.2) is 20.2 Å². The van der Waals surface area contributed by atoms with Crippen LogP contribution in [0.1, 0.15) is 30.4 Å². The van der Waals surface area contributed by atoms with Crippen molar-refractivity contribution in [2.75, 3.05) is 20.2 Å². The highest BCUT2D eigenvalue weighted by Gasteiger charge is 2.38. The molecule has 1 heterocycles. The molecule has 1 saturated heterocycles. The molecule has 3 heteroatoms. The fourth-order valence-electron chi connectivity index (χ4n) is 3.36. The lowest BCUT2D eigenvalue weighted by Gasteiger charge is -2.35. The molecule has 2 aliphatic rings. The number of hydrogen-bond acceptors (Lipinski definition) is 2. The number of halogens is 1. The van der Waals surface area contributed by atoms with E-state index in [4.69, 9.17) is 4.74 Å². The van der Waals surface area contributed by atoms with Crippen molar-refractivity contribution in [2.24, 2.45) is 0 Å². The van der Waals surface area contributed by atoms with Crippen LogP contribution in [0, 0.1) is 0 Å². The summed E-state index contributed by atoms with van der Waals surface area (Å²) in [6, 6.07) is 6.64. The molecule has 94 valence electrons. The minimum atomic E-state index is 0.